The third-order valence-electron chi connectivity index (χ3n) is 8.78. The maximum absolute atomic E-state index is 13.2. The first-order valence-electron chi connectivity index (χ1n) is 13.3. The second kappa shape index (κ2) is 9.53. The fraction of sp³-hybridized carbons (Fsp3) is 0.607. The first-order chi connectivity index (χ1) is 17.4. The van der Waals surface area contributed by atoms with Crippen molar-refractivity contribution in [1.29, 1.82) is 0 Å². The van der Waals surface area contributed by atoms with Crippen LogP contribution in [-0.2, 0) is 19.7 Å². The van der Waals surface area contributed by atoms with Crippen molar-refractivity contribution in [3.05, 3.63) is 34.2 Å². The van der Waals surface area contributed by atoms with E-state index in [9.17, 15) is 14.4 Å². The first-order valence-corrected chi connectivity index (χ1v) is 14.1. The molecule has 4 aliphatic carbocycles. The molecular formula is C28H34N2O5S. The van der Waals surface area contributed by atoms with Crippen molar-refractivity contribution in [2.45, 2.75) is 50.9 Å². The van der Waals surface area contributed by atoms with E-state index >= 15 is 0 Å². The minimum atomic E-state index is -0.408. The molecule has 4 saturated carbocycles. The van der Waals surface area contributed by atoms with Crippen molar-refractivity contribution >= 4 is 34.9 Å². The summed E-state index contributed by atoms with van der Waals surface area (Å²) in [7, 11) is 0. The van der Waals surface area contributed by atoms with Crippen LogP contribution >= 0.6 is 11.8 Å². The Bertz CT molecular complexity index is 1070. The van der Waals surface area contributed by atoms with Crippen LogP contribution in [0.5, 0.6) is 5.75 Å². The summed E-state index contributed by atoms with van der Waals surface area (Å²) in [5.74, 6) is 2.61. The molecule has 1 aromatic rings. The summed E-state index contributed by atoms with van der Waals surface area (Å²) >= 11 is 0.905. The van der Waals surface area contributed by atoms with Gasteiger partial charge < -0.3 is 14.4 Å². The van der Waals surface area contributed by atoms with E-state index in [1.165, 1.54) is 44.1 Å². The maximum Gasteiger partial charge on any atom is 0.294 e. The molecule has 0 unspecified atom stereocenters. The monoisotopic (exact) mass is 510 g/mol. The lowest BCUT2D eigenvalue weighted by atomic mass is 9.48. The minimum Gasteiger partial charge on any atom is -0.493 e. The molecule has 0 spiro atoms. The van der Waals surface area contributed by atoms with Crippen LogP contribution in [0.15, 0.2) is 23.1 Å². The van der Waals surface area contributed by atoms with Gasteiger partial charge in [0.15, 0.2) is 0 Å². The highest BCUT2D eigenvalue weighted by Gasteiger charge is 2.51. The summed E-state index contributed by atoms with van der Waals surface area (Å²) in [6.07, 6.45) is 9.73. The number of carbonyl (C=O) groups excluding carboxylic acids is 3. The van der Waals surface area contributed by atoms with E-state index in [0.29, 0.717) is 37.8 Å². The number of imide groups is 1. The number of rotatable bonds is 6. The zero-order valence-electron chi connectivity index (χ0n) is 20.9. The van der Waals surface area contributed by atoms with E-state index in [0.717, 1.165) is 45.7 Å². The smallest absolute Gasteiger partial charge is 0.294 e. The Balaban J connectivity index is 1.26. The largest absolute Gasteiger partial charge is 0.493 e. The fourth-order valence-corrected chi connectivity index (χ4v) is 8.40. The zero-order valence-corrected chi connectivity index (χ0v) is 21.7. The molecule has 2 saturated heterocycles. The molecule has 0 N–H and O–H groups in total. The molecule has 0 aromatic heterocycles. The van der Waals surface area contributed by atoms with Crippen LogP contribution < -0.4 is 4.74 Å². The number of hydrogen-bond donors (Lipinski definition) is 0. The Labute approximate surface area is 216 Å². The Morgan fingerprint density at radius 2 is 1.78 bits per heavy atom. The summed E-state index contributed by atoms with van der Waals surface area (Å²) in [5.41, 5.74) is 2.42. The average Bonchev–Trinajstić information content (AvgIpc) is 3.12. The van der Waals surface area contributed by atoms with Gasteiger partial charge in [0.05, 0.1) is 24.7 Å². The number of morpholine rings is 1. The van der Waals surface area contributed by atoms with Gasteiger partial charge in [-0.05, 0) is 104 Å². The second-order valence-corrected chi connectivity index (χ2v) is 12.1. The van der Waals surface area contributed by atoms with E-state index in [4.69, 9.17) is 9.47 Å². The third-order valence-corrected chi connectivity index (χ3v) is 9.68. The molecule has 0 radical (unpaired) electrons. The summed E-state index contributed by atoms with van der Waals surface area (Å²) in [5, 5.41) is -0.400. The second-order valence-electron chi connectivity index (χ2n) is 11.1. The Morgan fingerprint density at radius 3 is 2.42 bits per heavy atom. The number of amides is 3. The number of nitrogens with zero attached hydrogens (tertiary/aromatic N) is 2. The zero-order chi connectivity index (χ0) is 24.9. The normalized spacial score (nSPS) is 32.6. The Morgan fingerprint density at radius 1 is 1.11 bits per heavy atom. The van der Waals surface area contributed by atoms with Crippen molar-refractivity contribution in [1.82, 2.24) is 9.80 Å². The van der Waals surface area contributed by atoms with Crippen molar-refractivity contribution in [2.75, 3.05) is 39.5 Å². The number of benzene rings is 1. The fourth-order valence-electron chi connectivity index (χ4n) is 7.57. The van der Waals surface area contributed by atoms with Crippen LogP contribution in [0.25, 0.3) is 6.08 Å². The van der Waals surface area contributed by atoms with Crippen molar-refractivity contribution in [3.8, 4) is 5.75 Å². The molecular weight excluding hydrogens is 476 g/mol. The van der Waals surface area contributed by atoms with Crippen LogP contribution in [0.1, 0.15) is 56.6 Å². The molecule has 8 heteroatoms. The number of hydrogen-bond acceptors (Lipinski definition) is 6. The molecule has 6 aliphatic rings. The van der Waals surface area contributed by atoms with Gasteiger partial charge in [-0.2, -0.15) is 0 Å². The molecule has 36 heavy (non-hydrogen) atoms. The van der Waals surface area contributed by atoms with Crippen molar-refractivity contribution in [3.63, 3.8) is 0 Å². The lowest BCUT2D eigenvalue weighted by Crippen LogP contribution is -2.48. The predicted molar refractivity (Wildman–Crippen MR) is 138 cm³/mol. The molecule has 7 rings (SSSR count). The third kappa shape index (κ3) is 4.36. The molecule has 3 amide bonds. The highest BCUT2D eigenvalue weighted by atomic mass is 32.2. The number of ether oxygens (including phenoxy) is 2. The van der Waals surface area contributed by atoms with Gasteiger partial charge in [0.1, 0.15) is 12.3 Å². The first kappa shape index (κ1) is 24.0. The number of carbonyl (C=O) groups is 3. The van der Waals surface area contributed by atoms with Gasteiger partial charge in [0.2, 0.25) is 5.91 Å². The lowest BCUT2D eigenvalue weighted by Gasteiger charge is -2.57. The average molecular weight is 511 g/mol. The molecule has 4 bridgehead atoms. The Hall–Kier alpha value is -2.32. The molecule has 2 aliphatic heterocycles. The van der Waals surface area contributed by atoms with Gasteiger partial charge in [-0.25, -0.2) is 0 Å². The van der Waals surface area contributed by atoms with E-state index in [2.05, 4.69) is 12.1 Å². The predicted octanol–water partition coefficient (Wildman–Crippen LogP) is 4.45. The molecule has 2 heterocycles. The van der Waals surface area contributed by atoms with Crippen LogP contribution in [-0.4, -0.2) is 66.3 Å². The van der Waals surface area contributed by atoms with Gasteiger partial charge in [-0.1, -0.05) is 6.07 Å². The highest BCUT2D eigenvalue weighted by molar-refractivity contribution is 8.18. The highest BCUT2D eigenvalue weighted by Crippen LogP contribution is 2.61. The minimum absolute atomic E-state index is 0.222. The maximum atomic E-state index is 13.2. The molecule has 1 aromatic carbocycles. The molecule has 6 fully saturated rings. The van der Waals surface area contributed by atoms with E-state index in [1.54, 1.807) is 11.0 Å². The van der Waals surface area contributed by atoms with Crippen LogP contribution in [0, 0.1) is 17.8 Å². The van der Waals surface area contributed by atoms with E-state index in [1.807, 2.05) is 13.0 Å². The van der Waals surface area contributed by atoms with Crippen LogP contribution in [0.2, 0.25) is 0 Å². The molecule has 7 nitrogen and oxygen atoms in total. The summed E-state index contributed by atoms with van der Waals surface area (Å²) < 4.78 is 11.2. The van der Waals surface area contributed by atoms with Gasteiger partial charge in [-0.15, -0.1) is 0 Å². The summed E-state index contributed by atoms with van der Waals surface area (Å²) in [6.45, 7) is 4.17. The SMILES string of the molecule is CCOc1ccc(C23CC4CC(CC(C4)C2)C3)cc1/C=C1/SC(=O)N(CC(=O)N2CCOCC2)C1=O. The van der Waals surface area contributed by atoms with Crippen molar-refractivity contribution in [2.24, 2.45) is 17.8 Å². The van der Waals surface area contributed by atoms with E-state index in [-0.39, 0.29) is 17.9 Å². The Kier molecular flexibility index (Phi) is 6.36. The van der Waals surface area contributed by atoms with Crippen LogP contribution in [0.4, 0.5) is 4.79 Å². The van der Waals surface area contributed by atoms with Crippen LogP contribution in [0.3, 0.4) is 0 Å². The summed E-state index contributed by atoms with van der Waals surface area (Å²) in [4.78, 5) is 41.6. The number of thioether (sulfide) groups is 1. The quantitative estimate of drug-likeness (QED) is 0.527. The lowest BCUT2D eigenvalue weighted by molar-refractivity contribution is -0.139. The van der Waals surface area contributed by atoms with Gasteiger partial charge in [0, 0.05) is 18.7 Å². The molecule has 0 atom stereocenters. The van der Waals surface area contributed by atoms with Gasteiger partial charge in [-0.3, -0.25) is 19.3 Å². The van der Waals surface area contributed by atoms with Crippen molar-refractivity contribution < 1.29 is 23.9 Å². The van der Waals surface area contributed by atoms with E-state index < -0.39 is 11.1 Å². The topological polar surface area (TPSA) is 76.2 Å². The standard InChI is InChI=1S/C28H34N2O5S/c1-2-35-23-4-3-22(28-14-18-9-19(15-28)11-20(10-18)16-28)12-21(23)13-24-26(32)30(27(33)36-24)17-25(31)29-5-7-34-8-6-29/h3-4,12-13,18-20H,2,5-11,14-17H2,1H3/b24-13+. The van der Waals surface area contributed by atoms with Gasteiger partial charge >= 0.3 is 0 Å². The molecule has 192 valence electrons. The summed E-state index contributed by atoms with van der Waals surface area (Å²) in [6, 6.07) is 6.46. The van der Waals surface area contributed by atoms with Gasteiger partial charge in [0.25, 0.3) is 11.1 Å².